The number of fused-ring (bicyclic) bond motifs is 3. The average molecular weight is 305 g/mol. The zero-order valence-electron chi connectivity index (χ0n) is 11.6. The van der Waals surface area contributed by atoms with Crippen LogP contribution in [0, 0.1) is 5.92 Å². The van der Waals surface area contributed by atoms with Gasteiger partial charge < -0.3 is 14.6 Å². The van der Waals surface area contributed by atoms with Crippen LogP contribution in [-0.4, -0.2) is 45.9 Å². The molecule has 2 aromatic rings. The van der Waals surface area contributed by atoms with Crippen molar-refractivity contribution in [1.29, 1.82) is 0 Å². The van der Waals surface area contributed by atoms with E-state index in [0.29, 0.717) is 10.7 Å². The lowest BCUT2D eigenvalue weighted by Crippen LogP contribution is -2.47. The molecule has 2 aliphatic heterocycles. The summed E-state index contributed by atoms with van der Waals surface area (Å²) in [5.74, 6) is 0.636. The van der Waals surface area contributed by atoms with Crippen LogP contribution in [-0.2, 0) is 0 Å². The fraction of sp³-hybridized carbons (Fsp3) is 0.467. The van der Waals surface area contributed by atoms with Crippen molar-refractivity contribution >= 4 is 23.0 Å². The average Bonchev–Trinajstić information content (AvgIpc) is 2.99. The number of aromatic nitrogens is 2. The number of nitrogens with one attached hydrogen (secondary N) is 1. The number of amides is 1. The van der Waals surface area contributed by atoms with Gasteiger partial charge in [0.25, 0.3) is 5.91 Å². The molecule has 3 atom stereocenters. The van der Waals surface area contributed by atoms with E-state index in [1.807, 2.05) is 10.5 Å². The highest BCUT2D eigenvalue weighted by atomic mass is 35.5. The van der Waals surface area contributed by atoms with Crippen LogP contribution in [0.3, 0.4) is 0 Å². The SMILES string of the molecule is O=C(N[C@@H]1C[C@@H]2CCN(C2)C1)c1cn2cc(Cl)cc2cn1. The first-order valence-electron chi connectivity index (χ1n) is 7.34. The van der Waals surface area contributed by atoms with Gasteiger partial charge in [0.15, 0.2) is 0 Å². The van der Waals surface area contributed by atoms with Gasteiger partial charge in [0, 0.05) is 31.5 Å². The molecule has 2 saturated heterocycles. The first kappa shape index (κ1) is 13.1. The topological polar surface area (TPSA) is 49.6 Å². The summed E-state index contributed by atoms with van der Waals surface area (Å²) < 4.78 is 1.83. The van der Waals surface area contributed by atoms with Gasteiger partial charge in [-0.25, -0.2) is 4.98 Å². The van der Waals surface area contributed by atoms with Gasteiger partial charge in [-0.3, -0.25) is 4.79 Å². The maximum absolute atomic E-state index is 12.4. The summed E-state index contributed by atoms with van der Waals surface area (Å²) >= 11 is 5.95. The minimum Gasteiger partial charge on any atom is -0.347 e. The number of piperidine rings is 1. The van der Waals surface area contributed by atoms with Crippen molar-refractivity contribution in [2.75, 3.05) is 19.6 Å². The summed E-state index contributed by atoms with van der Waals surface area (Å²) in [6.07, 6.45) is 7.53. The fourth-order valence-corrected chi connectivity index (χ4v) is 3.73. The third kappa shape index (κ3) is 2.51. The number of carbonyl (C=O) groups excluding carboxylic acids is 1. The number of hydrogen-bond acceptors (Lipinski definition) is 3. The Morgan fingerprint density at radius 1 is 1.38 bits per heavy atom. The fourth-order valence-electron chi connectivity index (χ4n) is 3.52. The Kier molecular flexibility index (Phi) is 3.12. The minimum atomic E-state index is -0.103. The summed E-state index contributed by atoms with van der Waals surface area (Å²) in [6, 6.07) is 2.06. The summed E-state index contributed by atoms with van der Waals surface area (Å²) in [4.78, 5) is 19.0. The highest BCUT2D eigenvalue weighted by Gasteiger charge is 2.33. The molecule has 2 aromatic heterocycles. The smallest absolute Gasteiger partial charge is 0.271 e. The van der Waals surface area contributed by atoms with Gasteiger partial charge >= 0.3 is 0 Å². The number of halogens is 1. The van der Waals surface area contributed by atoms with Gasteiger partial charge in [0.05, 0.1) is 16.7 Å². The van der Waals surface area contributed by atoms with Crippen LogP contribution in [0.25, 0.3) is 5.52 Å². The molecule has 0 radical (unpaired) electrons. The number of rotatable bonds is 2. The predicted molar refractivity (Wildman–Crippen MR) is 80.6 cm³/mol. The molecule has 0 aliphatic carbocycles. The molecule has 2 bridgehead atoms. The highest BCUT2D eigenvalue weighted by Crippen LogP contribution is 2.26. The molecular weight excluding hydrogens is 288 g/mol. The standard InChI is InChI=1S/C15H17ClN4O/c16-11-4-13-5-17-14(9-20(13)7-11)15(21)18-12-3-10-1-2-19(6-10)8-12/h4-5,7,9-10,12H,1-3,6,8H2,(H,18,21)/t10-,12+/m0/s1. The molecule has 6 heteroatoms. The highest BCUT2D eigenvalue weighted by molar-refractivity contribution is 6.31. The van der Waals surface area contributed by atoms with Gasteiger partial charge in [0.2, 0.25) is 0 Å². The van der Waals surface area contributed by atoms with Gasteiger partial charge in [-0.2, -0.15) is 0 Å². The van der Waals surface area contributed by atoms with Crippen LogP contribution in [0.5, 0.6) is 0 Å². The molecule has 1 amide bonds. The van der Waals surface area contributed by atoms with Crippen LogP contribution < -0.4 is 5.32 Å². The van der Waals surface area contributed by atoms with Gasteiger partial charge in [-0.15, -0.1) is 0 Å². The number of carbonyl (C=O) groups is 1. The molecule has 1 N–H and O–H groups in total. The largest absolute Gasteiger partial charge is 0.347 e. The van der Waals surface area contributed by atoms with Crippen molar-refractivity contribution in [2.24, 2.45) is 5.92 Å². The Bertz CT molecular complexity index is 686. The molecule has 4 heterocycles. The van der Waals surface area contributed by atoms with E-state index in [0.717, 1.165) is 24.4 Å². The van der Waals surface area contributed by atoms with Gasteiger partial charge in [-0.05, 0) is 31.4 Å². The maximum Gasteiger partial charge on any atom is 0.271 e. The van der Waals surface area contributed by atoms with E-state index in [1.54, 1.807) is 18.6 Å². The van der Waals surface area contributed by atoms with Crippen LogP contribution in [0.2, 0.25) is 5.02 Å². The lowest BCUT2D eigenvalue weighted by molar-refractivity contribution is 0.0904. The van der Waals surface area contributed by atoms with E-state index >= 15 is 0 Å². The minimum absolute atomic E-state index is 0.103. The van der Waals surface area contributed by atoms with E-state index < -0.39 is 0 Å². The second-order valence-electron chi connectivity index (χ2n) is 6.08. The van der Waals surface area contributed by atoms with Crippen LogP contribution in [0.4, 0.5) is 0 Å². The monoisotopic (exact) mass is 304 g/mol. The summed E-state index contributed by atoms with van der Waals surface area (Å²) in [5.41, 5.74) is 1.32. The van der Waals surface area contributed by atoms with Crippen molar-refractivity contribution < 1.29 is 4.79 Å². The lowest BCUT2D eigenvalue weighted by Gasteiger charge is -2.30. The Morgan fingerprint density at radius 3 is 3.14 bits per heavy atom. The molecule has 1 unspecified atom stereocenters. The zero-order valence-corrected chi connectivity index (χ0v) is 12.4. The number of nitrogens with zero attached hydrogens (tertiary/aromatic N) is 3. The van der Waals surface area contributed by atoms with E-state index in [1.165, 1.54) is 19.5 Å². The van der Waals surface area contributed by atoms with E-state index in [4.69, 9.17) is 11.6 Å². The van der Waals surface area contributed by atoms with E-state index in [9.17, 15) is 4.79 Å². The van der Waals surface area contributed by atoms with Crippen molar-refractivity contribution in [3.63, 3.8) is 0 Å². The molecule has 2 fully saturated rings. The van der Waals surface area contributed by atoms with Crippen LogP contribution in [0.1, 0.15) is 23.3 Å². The summed E-state index contributed by atoms with van der Waals surface area (Å²) in [7, 11) is 0. The maximum atomic E-state index is 12.4. The Labute approximate surface area is 127 Å². The van der Waals surface area contributed by atoms with E-state index in [2.05, 4.69) is 15.2 Å². The zero-order chi connectivity index (χ0) is 14.4. The second-order valence-corrected chi connectivity index (χ2v) is 6.52. The quantitative estimate of drug-likeness (QED) is 0.920. The molecule has 4 rings (SSSR count). The third-order valence-electron chi connectivity index (χ3n) is 4.48. The van der Waals surface area contributed by atoms with Crippen LogP contribution >= 0.6 is 11.6 Å². The first-order chi connectivity index (χ1) is 10.2. The lowest BCUT2D eigenvalue weighted by atomic mass is 9.97. The summed E-state index contributed by atoms with van der Waals surface area (Å²) in [6.45, 7) is 3.32. The van der Waals surface area contributed by atoms with Crippen molar-refractivity contribution in [3.05, 3.63) is 35.4 Å². The molecular formula is C15H17ClN4O. The molecule has 21 heavy (non-hydrogen) atoms. The Morgan fingerprint density at radius 2 is 2.29 bits per heavy atom. The molecule has 2 aliphatic rings. The normalized spacial score (nSPS) is 28.0. The van der Waals surface area contributed by atoms with E-state index in [-0.39, 0.29) is 11.9 Å². The third-order valence-corrected chi connectivity index (χ3v) is 4.68. The van der Waals surface area contributed by atoms with Crippen LogP contribution in [0.15, 0.2) is 24.7 Å². The Hall–Kier alpha value is -1.59. The van der Waals surface area contributed by atoms with Crippen molar-refractivity contribution in [1.82, 2.24) is 19.6 Å². The summed E-state index contributed by atoms with van der Waals surface area (Å²) in [5, 5.41) is 3.76. The predicted octanol–water partition coefficient (Wildman–Crippen LogP) is 1.81. The van der Waals surface area contributed by atoms with Gasteiger partial charge in [-0.1, -0.05) is 11.6 Å². The molecule has 110 valence electrons. The Balaban J connectivity index is 1.50. The van der Waals surface area contributed by atoms with Crippen molar-refractivity contribution in [3.8, 4) is 0 Å². The van der Waals surface area contributed by atoms with Gasteiger partial charge in [0.1, 0.15) is 5.69 Å². The number of hydrogen-bond donors (Lipinski definition) is 1. The molecule has 0 saturated carbocycles. The first-order valence-corrected chi connectivity index (χ1v) is 7.71. The van der Waals surface area contributed by atoms with Crippen molar-refractivity contribution in [2.45, 2.75) is 18.9 Å². The molecule has 5 nitrogen and oxygen atoms in total. The molecule has 0 spiro atoms. The molecule has 0 aromatic carbocycles. The second kappa shape index (κ2) is 5.00.